The molecule has 0 bridgehead atoms. The number of benzene rings is 1. The van der Waals surface area contributed by atoms with E-state index in [1.807, 2.05) is 13.8 Å². The Morgan fingerprint density at radius 3 is 2.52 bits per heavy atom. The summed E-state index contributed by atoms with van der Waals surface area (Å²) < 4.78 is 0. The van der Waals surface area contributed by atoms with E-state index >= 15 is 0 Å². The molecular formula is C18H30N2O. The molecule has 1 aromatic carbocycles. The predicted molar refractivity (Wildman–Crippen MR) is 88.8 cm³/mol. The molecule has 1 aliphatic heterocycles. The fourth-order valence-corrected chi connectivity index (χ4v) is 3.34. The lowest BCUT2D eigenvalue weighted by Gasteiger charge is -2.30. The van der Waals surface area contributed by atoms with Crippen LogP contribution in [0.1, 0.15) is 49.3 Å². The molecule has 3 nitrogen and oxygen atoms in total. The number of rotatable bonds is 6. The van der Waals surface area contributed by atoms with Gasteiger partial charge in [0.1, 0.15) is 5.75 Å². The first kappa shape index (κ1) is 16.3. The summed E-state index contributed by atoms with van der Waals surface area (Å²) in [5.41, 5.74) is 3.28. The highest BCUT2D eigenvalue weighted by atomic mass is 16.3. The van der Waals surface area contributed by atoms with Gasteiger partial charge < -0.3 is 10.4 Å². The number of nitrogens with one attached hydrogen (secondary N) is 1. The van der Waals surface area contributed by atoms with Gasteiger partial charge in [-0.1, -0.05) is 25.5 Å². The highest BCUT2D eigenvalue weighted by Gasteiger charge is 2.17. The average Bonchev–Trinajstić information content (AvgIpc) is 2.46. The number of aryl methyl sites for hydroxylation is 2. The van der Waals surface area contributed by atoms with Crippen LogP contribution in [-0.2, 0) is 6.54 Å². The molecule has 1 aromatic rings. The molecular weight excluding hydrogens is 260 g/mol. The molecule has 0 amide bonds. The second-order valence-electron chi connectivity index (χ2n) is 6.46. The molecule has 1 saturated heterocycles. The maximum Gasteiger partial charge on any atom is 0.121 e. The Labute approximate surface area is 129 Å². The normalized spacial score (nSPS) is 19.1. The van der Waals surface area contributed by atoms with Crippen LogP contribution in [0.15, 0.2) is 12.1 Å². The fourth-order valence-electron chi connectivity index (χ4n) is 3.34. The van der Waals surface area contributed by atoms with Gasteiger partial charge in [0.2, 0.25) is 0 Å². The van der Waals surface area contributed by atoms with E-state index in [0.29, 0.717) is 11.8 Å². The molecule has 1 unspecified atom stereocenters. The lowest BCUT2D eigenvalue weighted by Crippen LogP contribution is -2.43. The van der Waals surface area contributed by atoms with Crippen molar-refractivity contribution in [3.8, 4) is 5.75 Å². The molecule has 1 fully saturated rings. The monoisotopic (exact) mass is 290 g/mol. The zero-order valence-electron chi connectivity index (χ0n) is 13.8. The summed E-state index contributed by atoms with van der Waals surface area (Å²) in [5.74, 6) is 0.440. The molecule has 2 rings (SSSR count). The number of phenols is 1. The third kappa shape index (κ3) is 4.72. The van der Waals surface area contributed by atoms with Crippen molar-refractivity contribution in [3.63, 3.8) is 0 Å². The first-order chi connectivity index (χ1) is 10.1. The van der Waals surface area contributed by atoms with Gasteiger partial charge in [-0.3, -0.25) is 4.90 Å². The highest BCUT2D eigenvalue weighted by Crippen LogP contribution is 2.24. The van der Waals surface area contributed by atoms with E-state index in [9.17, 15) is 5.11 Å². The van der Waals surface area contributed by atoms with Crippen LogP contribution in [-0.4, -0.2) is 35.7 Å². The molecule has 2 N–H and O–H groups in total. The smallest absolute Gasteiger partial charge is 0.121 e. The first-order valence-corrected chi connectivity index (χ1v) is 8.35. The maximum atomic E-state index is 9.91. The van der Waals surface area contributed by atoms with Crippen LogP contribution in [0.25, 0.3) is 0 Å². The van der Waals surface area contributed by atoms with Crippen LogP contribution in [0.5, 0.6) is 5.75 Å². The van der Waals surface area contributed by atoms with Crippen molar-refractivity contribution in [1.82, 2.24) is 10.2 Å². The quantitative estimate of drug-likeness (QED) is 0.843. The molecule has 3 heteroatoms. The van der Waals surface area contributed by atoms with Gasteiger partial charge in [0, 0.05) is 19.1 Å². The summed E-state index contributed by atoms with van der Waals surface area (Å²) in [4.78, 5) is 2.55. The van der Waals surface area contributed by atoms with E-state index in [-0.39, 0.29) is 0 Å². The third-order valence-electron chi connectivity index (χ3n) is 4.39. The Balaban J connectivity index is 2.01. The van der Waals surface area contributed by atoms with E-state index in [1.165, 1.54) is 37.8 Å². The zero-order valence-corrected chi connectivity index (χ0v) is 13.8. The van der Waals surface area contributed by atoms with Crippen LogP contribution in [0, 0.1) is 13.8 Å². The molecule has 0 spiro atoms. The minimum atomic E-state index is 0.440. The van der Waals surface area contributed by atoms with Crippen molar-refractivity contribution in [3.05, 3.63) is 28.8 Å². The van der Waals surface area contributed by atoms with Crippen molar-refractivity contribution in [2.24, 2.45) is 0 Å². The summed E-state index contributed by atoms with van der Waals surface area (Å²) in [6.07, 6.45) is 5.16. The van der Waals surface area contributed by atoms with E-state index in [0.717, 1.165) is 30.8 Å². The van der Waals surface area contributed by atoms with Gasteiger partial charge in [-0.05, 0) is 62.9 Å². The number of hydrogen-bond acceptors (Lipinski definition) is 3. The van der Waals surface area contributed by atoms with Gasteiger partial charge in [-0.2, -0.15) is 0 Å². The van der Waals surface area contributed by atoms with Crippen LogP contribution in [0.3, 0.4) is 0 Å². The first-order valence-electron chi connectivity index (χ1n) is 8.35. The summed E-state index contributed by atoms with van der Waals surface area (Å²) in [7, 11) is 0. The Morgan fingerprint density at radius 1 is 1.24 bits per heavy atom. The van der Waals surface area contributed by atoms with Gasteiger partial charge in [0.25, 0.3) is 0 Å². The minimum Gasteiger partial charge on any atom is -0.507 e. The van der Waals surface area contributed by atoms with Crippen molar-refractivity contribution in [2.45, 2.75) is 59.0 Å². The number of piperidine rings is 1. The molecule has 0 aliphatic carbocycles. The Kier molecular flexibility index (Phi) is 6.07. The standard InChI is InChI=1S/C18H30N2O/c1-4-9-20(13-17-7-5-6-8-19-17)12-16-10-14(2)18(21)15(3)11-16/h10-11,17,19,21H,4-9,12-13H2,1-3H3. The number of nitrogens with zero attached hydrogens (tertiary/aromatic N) is 1. The van der Waals surface area contributed by atoms with Crippen molar-refractivity contribution >= 4 is 0 Å². The van der Waals surface area contributed by atoms with Crippen LogP contribution >= 0.6 is 0 Å². The summed E-state index contributed by atoms with van der Waals surface area (Å²) in [5, 5.41) is 13.5. The second kappa shape index (κ2) is 7.81. The average molecular weight is 290 g/mol. The Hall–Kier alpha value is -1.06. The number of aromatic hydroxyl groups is 1. The van der Waals surface area contributed by atoms with Crippen molar-refractivity contribution < 1.29 is 5.11 Å². The van der Waals surface area contributed by atoms with E-state index in [1.54, 1.807) is 0 Å². The van der Waals surface area contributed by atoms with E-state index < -0.39 is 0 Å². The number of phenolic OH excluding ortho intramolecular Hbond substituents is 1. The van der Waals surface area contributed by atoms with Gasteiger partial charge in [0.15, 0.2) is 0 Å². The Bertz CT molecular complexity index is 430. The lowest BCUT2D eigenvalue weighted by atomic mass is 10.0. The lowest BCUT2D eigenvalue weighted by molar-refractivity contribution is 0.217. The van der Waals surface area contributed by atoms with Gasteiger partial charge in [0.05, 0.1) is 0 Å². The highest BCUT2D eigenvalue weighted by molar-refractivity contribution is 5.42. The topological polar surface area (TPSA) is 35.5 Å². The summed E-state index contributed by atoms with van der Waals surface area (Å²) in [6.45, 7) is 10.6. The molecule has 21 heavy (non-hydrogen) atoms. The minimum absolute atomic E-state index is 0.440. The number of hydrogen-bond donors (Lipinski definition) is 2. The molecule has 1 atom stereocenters. The fraction of sp³-hybridized carbons (Fsp3) is 0.667. The van der Waals surface area contributed by atoms with Gasteiger partial charge >= 0.3 is 0 Å². The summed E-state index contributed by atoms with van der Waals surface area (Å²) >= 11 is 0. The van der Waals surface area contributed by atoms with Crippen molar-refractivity contribution in [2.75, 3.05) is 19.6 Å². The second-order valence-corrected chi connectivity index (χ2v) is 6.46. The van der Waals surface area contributed by atoms with Gasteiger partial charge in [-0.15, -0.1) is 0 Å². The zero-order chi connectivity index (χ0) is 15.2. The predicted octanol–water partition coefficient (Wildman–Crippen LogP) is 3.36. The Morgan fingerprint density at radius 2 is 1.95 bits per heavy atom. The van der Waals surface area contributed by atoms with Crippen LogP contribution in [0.4, 0.5) is 0 Å². The largest absolute Gasteiger partial charge is 0.507 e. The molecule has 1 aliphatic rings. The molecule has 1 heterocycles. The molecule has 118 valence electrons. The van der Waals surface area contributed by atoms with Crippen LogP contribution in [0.2, 0.25) is 0 Å². The van der Waals surface area contributed by atoms with E-state index in [4.69, 9.17) is 0 Å². The van der Waals surface area contributed by atoms with Gasteiger partial charge in [-0.25, -0.2) is 0 Å². The van der Waals surface area contributed by atoms with E-state index in [2.05, 4.69) is 29.3 Å². The SMILES string of the molecule is CCCN(Cc1cc(C)c(O)c(C)c1)CC1CCCCN1. The maximum absolute atomic E-state index is 9.91. The van der Waals surface area contributed by atoms with Crippen molar-refractivity contribution in [1.29, 1.82) is 0 Å². The molecule has 0 aromatic heterocycles. The third-order valence-corrected chi connectivity index (χ3v) is 4.39. The molecule has 0 radical (unpaired) electrons. The van der Waals surface area contributed by atoms with Crippen LogP contribution < -0.4 is 5.32 Å². The molecule has 0 saturated carbocycles. The summed E-state index contributed by atoms with van der Waals surface area (Å²) in [6, 6.07) is 4.89.